The quantitative estimate of drug-likeness (QED) is 0.808. The van der Waals surface area contributed by atoms with E-state index in [0.29, 0.717) is 0 Å². The van der Waals surface area contributed by atoms with Crippen LogP contribution in [0, 0.1) is 5.82 Å². The lowest BCUT2D eigenvalue weighted by Gasteiger charge is -2.17. The average molecular weight is 209 g/mol. The fourth-order valence-corrected chi connectivity index (χ4v) is 2.01. The van der Waals surface area contributed by atoms with Gasteiger partial charge in [0.05, 0.1) is 6.61 Å². The Morgan fingerprint density at radius 3 is 3.20 bits per heavy atom. The molecular weight excluding hydrogens is 193 g/mol. The molecule has 0 saturated heterocycles. The Labute approximate surface area is 89.4 Å². The van der Waals surface area contributed by atoms with E-state index in [1.54, 1.807) is 12.1 Å². The van der Waals surface area contributed by atoms with Crippen molar-refractivity contribution in [2.24, 2.45) is 0 Å². The van der Waals surface area contributed by atoms with E-state index in [1.807, 2.05) is 0 Å². The summed E-state index contributed by atoms with van der Waals surface area (Å²) in [4.78, 5) is 0. The molecule has 0 fully saturated rings. The maximum absolute atomic E-state index is 13.2. The fourth-order valence-electron chi connectivity index (χ4n) is 2.01. The molecule has 0 aliphatic carbocycles. The summed E-state index contributed by atoms with van der Waals surface area (Å²) < 4.78 is 18.7. The summed E-state index contributed by atoms with van der Waals surface area (Å²) in [5.74, 6) is 0.627. The molecule has 0 saturated carbocycles. The van der Waals surface area contributed by atoms with Crippen molar-refractivity contribution in [2.75, 3.05) is 13.2 Å². The largest absolute Gasteiger partial charge is 0.493 e. The van der Waals surface area contributed by atoms with Crippen molar-refractivity contribution in [3.63, 3.8) is 0 Å². The molecule has 1 unspecified atom stereocenters. The van der Waals surface area contributed by atoms with Crippen LogP contribution in [0.1, 0.15) is 31.4 Å². The van der Waals surface area contributed by atoms with Crippen molar-refractivity contribution in [1.82, 2.24) is 5.32 Å². The van der Waals surface area contributed by atoms with Crippen LogP contribution in [-0.4, -0.2) is 13.2 Å². The third-order valence-electron chi connectivity index (χ3n) is 2.69. The molecule has 2 nitrogen and oxygen atoms in total. The first-order valence-corrected chi connectivity index (χ1v) is 5.47. The molecule has 1 heterocycles. The molecule has 1 atom stereocenters. The molecule has 15 heavy (non-hydrogen) atoms. The molecule has 0 bridgehead atoms. The molecular formula is C12H16FNO. The molecule has 1 aromatic carbocycles. The zero-order valence-corrected chi connectivity index (χ0v) is 8.92. The van der Waals surface area contributed by atoms with Gasteiger partial charge in [0.1, 0.15) is 11.6 Å². The molecule has 1 N–H and O–H groups in total. The predicted molar refractivity (Wildman–Crippen MR) is 57.5 cm³/mol. The minimum absolute atomic E-state index is 0.192. The first kappa shape index (κ1) is 10.4. The van der Waals surface area contributed by atoms with E-state index in [9.17, 15) is 4.39 Å². The number of nitrogens with one attached hydrogen (secondary N) is 1. The van der Waals surface area contributed by atoms with Gasteiger partial charge in [0.15, 0.2) is 0 Å². The lowest BCUT2D eigenvalue weighted by molar-refractivity contribution is 0.315. The van der Waals surface area contributed by atoms with E-state index in [4.69, 9.17) is 4.74 Å². The Morgan fingerprint density at radius 2 is 2.40 bits per heavy atom. The van der Waals surface area contributed by atoms with Gasteiger partial charge >= 0.3 is 0 Å². The number of hydrogen-bond donors (Lipinski definition) is 1. The first-order valence-electron chi connectivity index (χ1n) is 5.47. The van der Waals surface area contributed by atoms with Gasteiger partial charge in [0, 0.05) is 11.6 Å². The van der Waals surface area contributed by atoms with Crippen LogP contribution in [0.2, 0.25) is 0 Å². The van der Waals surface area contributed by atoms with E-state index >= 15 is 0 Å². The van der Waals surface area contributed by atoms with Crippen LogP contribution in [0.4, 0.5) is 4.39 Å². The molecule has 0 spiro atoms. The number of rotatable bonds is 2. The van der Waals surface area contributed by atoms with Gasteiger partial charge in [-0.1, -0.05) is 6.92 Å². The topological polar surface area (TPSA) is 21.3 Å². The van der Waals surface area contributed by atoms with Gasteiger partial charge in [-0.2, -0.15) is 0 Å². The van der Waals surface area contributed by atoms with Crippen molar-refractivity contribution < 1.29 is 9.13 Å². The highest BCUT2D eigenvalue weighted by Crippen LogP contribution is 2.31. The Balaban J connectivity index is 2.33. The van der Waals surface area contributed by atoms with E-state index in [0.717, 1.165) is 37.3 Å². The van der Waals surface area contributed by atoms with Crippen LogP contribution < -0.4 is 10.1 Å². The lowest BCUT2D eigenvalue weighted by Crippen LogP contribution is -2.20. The number of halogens is 1. The summed E-state index contributed by atoms with van der Waals surface area (Å²) in [5.41, 5.74) is 0.953. The summed E-state index contributed by atoms with van der Waals surface area (Å²) in [6.07, 6.45) is 2.01. The summed E-state index contributed by atoms with van der Waals surface area (Å²) in [5, 5.41) is 3.36. The van der Waals surface area contributed by atoms with Gasteiger partial charge in [-0.25, -0.2) is 4.39 Å². The van der Waals surface area contributed by atoms with E-state index in [1.165, 1.54) is 6.07 Å². The standard InChI is InChI=1S/C12H16FNO/c1-2-14-11-4-3-7-15-12-6-5-9(13)8-10(11)12/h5-6,8,11,14H,2-4,7H2,1H3. The first-order chi connectivity index (χ1) is 7.31. The molecule has 1 aliphatic heterocycles. The van der Waals surface area contributed by atoms with E-state index in [-0.39, 0.29) is 11.9 Å². The van der Waals surface area contributed by atoms with Crippen LogP contribution in [-0.2, 0) is 0 Å². The molecule has 82 valence electrons. The Morgan fingerprint density at radius 1 is 1.53 bits per heavy atom. The summed E-state index contributed by atoms with van der Waals surface area (Å²) in [7, 11) is 0. The van der Waals surface area contributed by atoms with Gasteiger partial charge in [-0.15, -0.1) is 0 Å². The SMILES string of the molecule is CCNC1CCCOc2ccc(F)cc21. The molecule has 3 heteroatoms. The second-order valence-electron chi connectivity index (χ2n) is 3.78. The van der Waals surface area contributed by atoms with Gasteiger partial charge in [0.2, 0.25) is 0 Å². The monoisotopic (exact) mass is 209 g/mol. The summed E-state index contributed by atoms with van der Waals surface area (Å²) in [6, 6.07) is 4.98. The van der Waals surface area contributed by atoms with Crippen molar-refractivity contribution in [3.05, 3.63) is 29.6 Å². The van der Waals surface area contributed by atoms with Gasteiger partial charge in [-0.05, 0) is 37.6 Å². The Hall–Kier alpha value is -1.09. The number of benzene rings is 1. The molecule has 0 radical (unpaired) electrons. The van der Waals surface area contributed by atoms with E-state index in [2.05, 4.69) is 12.2 Å². The van der Waals surface area contributed by atoms with Crippen LogP contribution >= 0.6 is 0 Å². The van der Waals surface area contributed by atoms with Crippen molar-refractivity contribution in [3.8, 4) is 5.75 Å². The highest BCUT2D eigenvalue weighted by molar-refractivity contribution is 5.37. The van der Waals surface area contributed by atoms with Crippen molar-refractivity contribution in [2.45, 2.75) is 25.8 Å². The zero-order valence-electron chi connectivity index (χ0n) is 8.92. The average Bonchev–Trinajstić information content (AvgIpc) is 2.42. The van der Waals surface area contributed by atoms with Crippen LogP contribution in [0.5, 0.6) is 5.75 Å². The minimum atomic E-state index is -0.192. The van der Waals surface area contributed by atoms with Crippen molar-refractivity contribution in [1.29, 1.82) is 0 Å². The molecule has 0 aromatic heterocycles. The number of fused-ring (bicyclic) bond motifs is 1. The lowest BCUT2D eigenvalue weighted by atomic mass is 10.0. The minimum Gasteiger partial charge on any atom is -0.493 e. The molecule has 0 amide bonds. The second kappa shape index (κ2) is 4.62. The number of ether oxygens (including phenoxy) is 1. The second-order valence-corrected chi connectivity index (χ2v) is 3.78. The Bertz CT molecular complexity index is 340. The molecule has 1 aromatic rings. The predicted octanol–water partition coefficient (Wildman–Crippen LogP) is 2.65. The molecule has 2 rings (SSSR count). The smallest absolute Gasteiger partial charge is 0.124 e. The maximum atomic E-state index is 13.2. The van der Waals surface area contributed by atoms with Gasteiger partial charge in [-0.3, -0.25) is 0 Å². The van der Waals surface area contributed by atoms with Crippen LogP contribution in [0.25, 0.3) is 0 Å². The highest BCUT2D eigenvalue weighted by atomic mass is 19.1. The fraction of sp³-hybridized carbons (Fsp3) is 0.500. The van der Waals surface area contributed by atoms with Crippen LogP contribution in [0.15, 0.2) is 18.2 Å². The van der Waals surface area contributed by atoms with Gasteiger partial charge < -0.3 is 10.1 Å². The van der Waals surface area contributed by atoms with Crippen LogP contribution in [0.3, 0.4) is 0 Å². The Kier molecular flexibility index (Phi) is 3.21. The third-order valence-corrected chi connectivity index (χ3v) is 2.69. The third kappa shape index (κ3) is 2.29. The maximum Gasteiger partial charge on any atom is 0.124 e. The van der Waals surface area contributed by atoms with Crippen molar-refractivity contribution >= 4 is 0 Å². The summed E-state index contributed by atoms with van der Waals surface area (Å²) in [6.45, 7) is 3.67. The van der Waals surface area contributed by atoms with Gasteiger partial charge in [0.25, 0.3) is 0 Å². The summed E-state index contributed by atoms with van der Waals surface area (Å²) >= 11 is 0. The zero-order chi connectivity index (χ0) is 10.7. The number of hydrogen-bond acceptors (Lipinski definition) is 2. The highest BCUT2D eigenvalue weighted by Gasteiger charge is 2.19. The normalized spacial score (nSPS) is 20.3. The molecule has 1 aliphatic rings. The van der Waals surface area contributed by atoms with E-state index < -0.39 is 0 Å².